The molecule has 0 saturated heterocycles. The highest BCUT2D eigenvalue weighted by Gasteiger charge is 2.24. The van der Waals surface area contributed by atoms with Crippen molar-refractivity contribution in [1.29, 1.82) is 0 Å². The first kappa shape index (κ1) is 17.2. The van der Waals surface area contributed by atoms with Gasteiger partial charge in [-0.2, -0.15) is 0 Å². The van der Waals surface area contributed by atoms with Gasteiger partial charge in [-0.25, -0.2) is 0 Å². The Hall–Kier alpha value is -2.13. The third kappa shape index (κ3) is 4.42. The highest BCUT2D eigenvalue weighted by atomic mass is 16.3. The van der Waals surface area contributed by atoms with E-state index in [1.165, 1.54) is 0 Å². The highest BCUT2D eigenvalue weighted by molar-refractivity contribution is 5.75. The molecule has 2 rings (SSSR count). The van der Waals surface area contributed by atoms with Crippen molar-refractivity contribution < 1.29 is 9.90 Å². The zero-order chi connectivity index (χ0) is 16.9. The summed E-state index contributed by atoms with van der Waals surface area (Å²) in [5.41, 5.74) is 2.21. The van der Waals surface area contributed by atoms with Crippen LogP contribution in [0.5, 0.6) is 0 Å². The van der Waals surface area contributed by atoms with Crippen molar-refractivity contribution in [2.75, 3.05) is 13.6 Å². The molecule has 0 spiro atoms. The number of aliphatic hydroxyl groups is 1. The van der Waals surface area contributed by atoms with E-state index in [1.54, 1.807) is 18.9 Å². The van der Waals surface area contributed by atoms with E-state index < -0.39 is 5.60 Å². The summed E-state index contributed by atoms with van der Waals surface area (Å²) in [5.74, 6) is 0.0974. The molecule has 0 radical (unpaired) electrons. The Morgan fingerprint density at radius 1 is 1.04 bits per heavy atom. The fraction of sp³-hybridized carbons (Fsp3) is 0.350. The van der Waals surface area contributed by atoms with Crippen molar-refractivity contribution in [3.63, 3.8) is 0 Å². The van der Waals surface area contributed by atoms with Gasteiger partial charge in [0.25, 0.3) is 0 Å². The Labute approximate surface area is 138 Å². The van der Waals surface area contributed by atoms with Crippen LogP contribution >= 0.6 is 0 Å². The summed E-state index contributed by atoms with van der Waals surface area (Å²) in [6.45, 7) is 4.19. The number of hydrogen-bond donors (Lipinski definition) is 1. The van der Waals surface area contributed by atoms with Crippen molar-refractivity contribution in [1.82, 2.24) is 4.90 Å². The van der Waals surface area contributed by atoms with Crippen LogP contribution in [0.2, 0.25) is 0 Å². The van der Waals surface area contributed by atoms with E-state index in [9.17, 15) is 9.90 Å². The monoisotopic (exact) mass is 311 g/mol. The molecular weight excluding hydrogens is 286 g/mol. The normalized spacial score (nSPS) is 13.4. The van der Waals surface area contributed by atoms with Gasteiger partial charge in [0.2, 0.25) is 5.91 Å². The van der Waals surface area contributed by atoms with Crippen molar-refractivity contribution in [2.24, 2.45) is 0 Å². The Balaban J connectivity index is 2.07. The van der Waals surface area contributed by atoms with Gasteiger partial charge in [0.15, 0.2) is 0 Å². The maximum Gasteiger partial charge on any atom is 0.222 e. The van der Waals surface area contributed by atoms with Gasteiger partial charge in [-0.3, -0.25) is 4.79 Å². The maximum absolute atomic E-state index is 11.6. The molecule has 23 heavy (non-hydrogen) atoms. The van der Waals surface area contributed by atoms with Gasteiger partial charge in [0.05, 0.1) is 5.60 Å². The number of benzene rings is 2. The summed E-state index contributed by atoms with van der Waals surface area (Å²) in [6.07, 6.45) is 1.00. The predicted molar refractivity (Wildman–Crippen MR) is 94.0 cm³/mol. The second-order valence-corrected chi connectivity index (χ2v) is 6.14. The molecule has 2 aromatic carbocycles. The lowest BCUT2D eigenvalue weighted by atomic mass is 9.91. The van der Waals surface area contributed by atoms with Gasteiger partial charge >= 0.3 is 0 Å². The molecule has 1 amide bonds. The minimum atomic E-state index is -0.947. The van der Waals surface area contributed by atoms with Crippen molar-refractivity contribution >= 4 is 5.91 Å². The fourth-order valence-electron chi connectivity index (χ4n) is 2.58. The van der Waals surface area contributed by atoms with Crippen LogP contribution in [0, 0.1) is 0 Å². The van der Waals surface area contributed by atoms with E-state index in [-0.39, 0.29) is 5.91 Å². The van der Waals surface area contributed by atoms with E-state index in [2.05, 4.69) is 12.1 Å². The summed E-state index contributed by atoms with van der Waals surface area (Å²) in [5, 5.41) is 10.7. The van der Waals surface area contributed by atoms with Crippen LogP contribution < -0.4 is 0 Å². The van der Waals surface area contributed by atoms with E-state index in [1.807, 2.05) is 49.4 Å². The van der Waals surface area contributed by atoms with Crippen LogP contribution in [0.25, 0.3) is 11.1 Å². The third-order valence-electron chi connectivity index (χ3n) is 4.28. The molecule has 3 heteroatoms. The zero-order valence-electron chi connectivity index (χ0n) is 14.1. The number of nitrogens with zero attached hydrogens (tertiary/aromatic N) is 1. The molecular formula is C20H25NO2. The van der Waals surface area contributed by atoms with Gasteiger partial charge in [0.1, 0.15) is 0 Å². The molecule has 2 aromatic rings. The zero-order valence-corrected chi connectivity index (χ0v) is 14.1. The topological polar surface area (TPSA) is 40.5 Å². The first-order valence-electron chi connectivity index (χ1n) is 8.06. The lowest BCUT2D eigenvalue weighted by Crippen LogP contribution is -2.32. The molecule has 0 heterocycles. The van der Waals surface area contributed by atoms with Crippen LogP contribution in [0.4, 0.5) is 0 Å². The second-order valence-electron chi connectivity index (χ2n) is 6.14. The Bertz CT molecular complexity index is 632. The van der Waals surface area contributed by atoms with Crippen LogP contribution in [0.3, 0.4) is 0 Å². The number of amides is 1. The average molecular weight is 311 g/mol. The molecule has 1 N–H and O–H groups in total. The molecule has 3 nitrogen and oxygen atoms in total. The summed E-state index contributed by atoms with van der Waals surface area (Å²) in [7, 11) is 1.78. The number of hydrogen-bond acceptors (Lipinski definition) is 2. The van der Waals surface area contributed by atoms with E-state index in [4.69, 9.17) is 0 Å². The molecule has 0 aliphatic carbocycles. The van der Waals surface area contributed by atoms with E-state index in [0.717, 1.165) is 16.7 Å². The molecule has 0 aliphatic rings. The van der Waals surface area contributed by atoms with Gasteiger partial charge in [0, 0.05) is 20.0 Å². The second kappa shape index (κ2) is 7.42. The highest BCUT2D eigenvalue weighted by Crippen LogP contribution is 2.27. The summed E-state index contributed by atoms with van der Waals surface area (Å²) >= 11 is 0. The number of carbonyl (C=O) groups excluding carboxylic acids is 1. The molecule has 0 aromatic heterocycles. The van der Waals surface area contributed by atoms with Crippen LogP contribution in [-0.4, -0.2) is 29.5 Å². The molecule has 0 saturated carbocycles. The first-order chi connectivity index (χ1) is 10.9. The standard InChI is InChI=1S/C20H25NO2/c1-4-19(22)21(3)15-14-20(2,23)18-12-10-17(11-13-18)16-8-6-5-7-9-16/h5-13,23H,4,14-15H2,1-3H3. The van der Waals surface area contributed by atoms with Gasteiger partial charge in [-0.05, 0) is 30.0 Å². The number of carbonyl (C=O) groups is 1. The molecule has 0 aliphatic heterocycles. The van der Waals surface area contributed by atoms with Crippen LogP contribution in [0.1, 0.15) is 32.3 Å². The summed E-state index contributed by atoms with van der Waals surface area (Å²) in [6, 6.07) is 18.1. The first-order valence-corrected chi connectivity index (χ1v) is 8.06. The van der Waals surface area contributed by atoms with Gasteiger partial charge in [-0.15, -0.1) is 0 Å². The minimum absolute atomic E-state index is 0.0974. The summed E-state index contributed by atoms with van der Waals surface area (Å²) < 4.78 is 0. The Morgan fingerprint density at radius 2 is 1.61 bits per heavy atom. The smallest absolute Gasteiger partial charge is 0.222 e. The van der Waals surface area contributed by atoms with Gasteiger partial charge in [-0.1, -0.05) is 61.5 Å². The van der Waals surface area contributed by atoms with Crippen molar-refractivity contribution in [3.05, 3.63) is 60.2 Å². The lowest BCUT2D eigenvalue weighted by molar-refractivity contribution is -0.130. The number of rotatable bonds is 6. The largest absolute Gasteiger partial charge is 0.385 e. The molecule has 0 bridgehead atoms. The maximum atomic E-state index is 11.6. The SMILES string of the molecule is CCC(=O)N(C)CCC(C)(O)c1ccc(-c2ccccc2)cc1. The van der Waals surface area contributed by atoms with Crippen molar-refractivity contribution in [2.45, 2.75) is 32.3 Å². The average Bonchev–Trinajstić information content (AvgIpc) is 2.60. The predicted octanol–water partition coefficient (Wildman–Crippen LogP) is 3.82. The minimum Gasteiger partial charge on any atom is -0.385 e. The van der Waals surface area contributed by atoms with E-state index >= 15 is 0 Å². The Kier molecular flexibility index (Phi) is 5.56. The quantitative estimate of drug-likeness (QED) is 0.881. The van der Waals surface area contributed by atoms with Gasteiger partial charge < -0.3 is 10.0 Å². The molecule has 1 unspecified atom stereocenters. The molecule has 1 atom stereocenters. The van der Waals surface area contributed by atoms with E-state index in [0.29, 0.717) is 19.4 Å². The van der Waals surface area contributed by atoms with Crippen LogP contribution in [0.15, 0.2) is 54.6 Å². The van der Waals surface area contributed by atoms with Crippen LogP contribution in [-0.2, 0) is 10.4 Å². The molecule has 0 fully saturated rings. The lowest BCUT2D eigenvalue weighted by Gasteiger charge is -2.27. The third-order valence-corrected chi connectivity index (χ3v) is 4.28. The van der Waals surface area contributed by atoms with Crippen molar-refractivity contribution in [3.8, 4) is 11.1 Å². The molecule has 122 valence electrons. The fourth-order valence-corrected chi connectivity index (χ4v) is 2.58. The summed E-state index contributed by atoms with van der Waals surface area (Å²) in [4.78, 5) is 13.3. The Morgan fingerprint density at radius 3 is 2.17 bits per heavy atom.